The number of allylic oxidation sites excluding steroid dienone is 3. The molecule has 140 valence electrons. The molecule has 1 heterocycles. The molecule has 1 aliphatic heterocycles. The maximum absolute atomic E-state index is 12.7. The molecule has 0 saturated carbocycles. The van der Waals surface area contributed by atoms with Crippen LogP contribution in [0, 0.1) is 11.3 Å². The lowest BCUT2D eigenvalue weighted by Crippen LogP contribution is -2.31. The number of ketones is 1. The molecule has 0 fully saturated rings. The number of halogens is 2. The van der Waals surface area contributed by atoms with Crippen LogP contribution in [-0.4, -0.2) is 24.6 Å². The van der Waals surface area contributed by atoms with Crippen molar-refractivity contribution in [1.29, 1.82) is 5.26 Å². The summed E-state index contributed by atoms with van der Waals surface area (Å²) in [5.74, 6) is -0.959. The van der Waals surface area contributed by atoms with Crippen molar-refractivity contribution in [3.8, 4) is 6.07 Å². The van der Waals surface area contributed by atoms with Crippen molar-refractivity contribution in [2.75, 3.05) is 12.9 Å². The second-order valence-electron chi connectivity index (χ2n) is 6.09. The molecule has 0 amide bonds. The normalized spacial score (nSPS) is 19.3. The summed E-state index contributed by atoms with van der Waals surface area (Å²) in [6.07, 6.45) is 1.85. The number of hydrogen-bond donors (Lipinski definition) is 1. The molecule has 3 rings (SSSR count). The molecule has 5 nitrogen and oxygen atoms in total. The molecule has 0 bridgehead atoms. The van der Waals surface area contributed by atoms with Gasteiger partial charge in [0.15, 0.2) is 5.78 Å². The predicted octanol–water partition coefficient (Wildman–Crippen LogP) is 4.33. The van der Waals surface area contributed by atoms with E-state index < -0.39 is 11.9 Å². The number of nitrogens with one attached hydrogen (secondary N) is 1. The van der Waals surface area contributed by atoms with Crippen LogP contribution in [0.25, 0.3) is 0 Å². The van der Waals surface area contributed by atoms with Gasteiger partial charge >= 0.3 is 5.97 Å². The number of benzene rings is 1. The van der Waals surface area contributed by atoms with E-state index in [-0.39, 0.29) is 11.5 Å². The molecule has 0 saturated heterocycles. The summed E-state index contributed by atoms with van der Waals surface area (Å²) in [5.41, 5.74) is 2.30. The monoisotopic (exact) mass is 422 g/mol. The van der Waals surface area contributed by atoms with E-state index >= 15 is 0 Å². The fourth-order valence-corrected chi connectivity index (χ4v) is 4.59. The largest absolute Gasteiger partial charge is 0.468 e. The molecule has 0 spiro atoms. The number of dihydropyridines is 1. The third-order valence-corrected chi connectivity index (χ3v) is 6.34. The molecule has 2 aliphatic rings. The zero-order valence-electron chi connectivity index (χ0n) is 14.5. The fraction of sp³-hybridized carbons (Fsp3) is 0.316. The molecule has 1 aromatic rings. The molecule has 0 radical (unpaired) electrons. The SMILES string of the molecule is COC(=O)CSC1=C(C#N)[C@@H](c2cccc(Cl)c2Cl)C2=C(CCCC2=O)N1. The van der Waals surface area contributed by atoms with Crippen LogP contribution in [-0.2, 0) is 14.3 Å². The number of nitriles is 1. The fourth-order valence-electron chi connectivity index (χ4n) is 3.28. The summed E-state index contributed by atoms with van der Waals surface area (Å²) in [5, 5.41) is 14.3. The number of carbonyl (C=O) groups excluding carboxylic acids is 2. The lowest BCUT2D eigenvalue weighted by molar-refractivity contribution is -0.137. The van der Waals surface area contributed by atoms with Gasteiger partial charge in [0.05, 0.1) is 45.5 Å². The number of methoxy groups -OCH3 is 1. The zero-order chi connectivity index (χ0) is 19.6. The van der Waals surface area contributed by atoms with Gasteiger partial charge in [-0.05, 0) is 24.5 Å². The molecule has 1 aliphatic carbocycles. The van der Waals surface area contributed by atoms with Gasteiger partial charge < -0.3 is 10.1 Å². The van der Waals surface area contributed by atoms with Crippen molar-refractivity contribution < 1.29 is 14.3 Å². The average Bonchev–Trinajstić information content (AvgIpc) is 2.67. The number of ether oxygens (including phenoxy) is 1. The molecule has 27 heavy (non-hydrogen) atoms. The van der Waals surface area contributed by atoms with E-state index in [0.717, 1.165) is 12.1 Å². The number of rotatable bonds is 4. The van der Waals surface area contributed by atoms with E-state index in [1.54, 1.807) is 18.2 Å². The highest BCUT2D eigenvalue weighted by Crippen LogP contribution is 2.46. The summed E-state index contributed by atoms with van der Waals surface area (Å²) in [6.45, 7) is 0. The molecule has 0 aromatic heterocycles. The van der Waals surface area contributed by atoms with Crippen LogP contribution < -0.4 is 5.32 Å². The quantitative estimate of drug-likeness (QED) is 0.727. The summed E-state index contributed by atoms with van der Waals surface area (Å²) in [7, 11) is 1.31. The van der Waals surface area contributed by atoms with Gasteiger partial charge in [0, 0.05) is 17.7 Å². The second-order valence-corrected chi connectivity index (χ2v) is 7.86. The Kier molecular flexibility index (Phi) is 6.15. The van der Waals surface area contributed by atoms with Crippen LogP contribution in [0.3, 0.4) is 0 Å². The Morgan fingerprint density at radius 1 is 1.41 bits per heavy atom. The van der Waals surface area contributed by atoms with Crippen LogP contribution in [0.15, 0.2) is 40.1 Å². The van der Waals surface area contributed by atoms with E-state index in [2.05, 4.69) is 16.1 Å². The van der Waals surface area contributed by atoms with E-state index in [0.29, 0.717) is 44.6 Å². The topological polar surface area (TPSA) is 79.2 Å². The third kappa shape index (κ3) is 3.86. The first-order valence-electron chi connectivity index (χ1n) is 8.29. The van der Waals surface area contributed by atoms with E-state index in [1.165, 1.54) is 18.9 Å². The Labute approximate surface area is 171 Å². The molecule has 0 unspecified atom stereocenters. The molecule has 1 aromatic carbocycles. The Morgan fingerprint density at radius 2 is 2.19 bits per heavy atom. The van der Waals surface area contributed by atoms with Crippen LogP contribution in [0.5, 0.6) is 0 Å². The Morgan fingerprint density at radius 3 is 2.89 bits per heavy atom. The Balaban J connectivity index is 2.14. The number of Topliss-reactive ketones (excluding diaryl/α,β-unsaturated/α-hetero) is 1. The summed E-state index contributed by atoms with van der Waals surface area (Å²) >= 11 is 13.8. The number of nitrogens with zero attached hydrogens (tertiary/aromatic N) is 1. The van der Waals surface area contributed by atoms with Gasteiger partial charge in [-0.25, -0.2) is 0 Å². The molecule has 1 atom stereocenters. The molecule has 8 heteroatoms. The average molecular weight is 423 g/mol. The van der Waals surface area contributed by atoms with Crippen molar-refractivity contribution in [2.45, 2.75) is 25.2 Å². The number of hydrogen-bond acceptors (Lipinski definition) is 6. The molecular formula is C19H16Cl2N2O3S. The van der Waals surface area contributed by atoms with Gasteiger partial charge in [0.2, 0.25) is 0 Å². The van der Waals surface area contributed by atoms with E-state index in [9.17, 15) is 14.9 Å². The maximum atomic E-state index is 12.7. The van der Waals surface area contributed by atoms with Crippen LogP contribution in [0.1, 0.15) is 30.7 Å². The van der Waals surface area contributed by atoms with Gasteiger partial charge in [-0.15, -0.1) is 0 Å². The lowest BCUT2D eigenvalue weighted by atomic mass is 9.77. The number of thioether (sulfide) groups is 1. The first kappa shape index (κ1) is 19.8. The van der Waals surface area contributed by atoms with Crippen LogP contribution in [0.4, 0.5) is 0 Å². The number of carbonyl (C=O) groups is 2. The van der Waals surface area contributed by atoms with Crippen molar-refractivity contribution >= 4 is 46.7 Å². The highest BCUT2D eigenvalue weighted by atomic mass is 35.5. The first-order chi connectivity index (χ1) is 13.0. The Hall–Kier alpha value is -1.94. The summed E-state index contributed by atoms with van der Waals surface area (Å²) in [4.78, 5) is 24.3. The maximum Gasteiger partial charge on any atom is 0.316 e. The second kappa shape index (κ2) is 8.39. The van der Waals surface area contributed by atoms with Gasteiger partial charge in [-0.3, -0.25) is 9.59 Å². The van der Waals surface area contributed by atoms with Crippen LogP contribution in [0.2, 0.25) is 10.0 Å². The minimum absolute atomic E-state index is 0.00504. The standard InChI is InChI=1S/C19H16Cl2N2O3S/c1-26-15(25)9-27-19-11(8-22)16(10-4-2-5-12(20)18(10)21)17-13(23-19)6-3-7-14(17)24/h2,4-5,16,23H,3,6-7,9H2,1H3/t16-/m1/s1. The Bertz CT molecular complexity index is 918. The van der Waals surface area contributed by atoms with Gasteiger partial charge in [-0.1, -0.05) is 47.1 Å². The highest BCUT2D eigenvalue weighted by molar-refractivity contribution is 8.03. The van der Waals surface area contributed by atoms with Crippen molar-refractivity contribution in [3.63, 3.8) is 0 Å². The third-order valence-electron chi connectivity index (χ3n) is 4.52. The van der Waals surface area contributed by atoms with Gasteiger partial charge in [0.1, 0.15) is 0 Å². The summed E-state index contributed by atoms with van der Waals surface area (Å²) < 4.78 is 4.68. The highest BCUT2D eigenvalue weighted by Gasteiger charge is 2.38. The minimum atomic E-state index is -0.606. The van der Waals surface area contributed by atoms with Gasteiger partial charge in [-0.2, -0.15) is 5.26 Å². The first-order valence-corrected chi connectivity index (χ1v) is 10.0. The van der Waals surface area contributed by atoms with Crippen molar-refractivity contribution in [3.05, 3.63) is 55.7 Å². The molecular weight excluding hydrogens is 407 g/mol. The summed E-state index contributed by atoms with van der Waals surface area (Å²) in [6, 6.07) is 7.38. The zero-order valence-corrected chi connectivity index (χ0v) is 16.8. The molecule has 1 N–H and O–H groups in total. The van der Waals surface area contributed by atoms with E-state index in [1.807, 2.05) is 0 Å². The minimum Gasteiger partial charge on any atom is -0.468 e. The predicted molar refractivity (Wildman–Crippen MR) is 105 cm³/mol. The van der Waals surface area contributed by atoms with Crippen molar-refractivity contribution in [1.82, 2.24) is 5.32 Å². The van der Waals surface area contributed by atoms with E-state index in [4.69, 9.17) is 23.2 Å². The van der Waals surface area contributed by atoms with Gasteiger partial charge in [0.25, 0.3) is 0 Å². The van der Waals surface area contributed by atoms with Crippen LogP contribution >= 0.6 is 35.0 Å². The van der Waals surface area contributed by atoms with Crippen molar-refractivity contribution in [2.24, 2.45) is 0 Å². The smallest absolute Gasteiger partial charge is 0.316 e. The lowest BCUT2D eigenvalue weighted by Gasteiger charge is -2.33. The number of esters is 1.